The quantitative estimate of drug-likeness (QED) is 0.274. The van der Waals surface area contributed by atoms with Crippen molar-refractivity contribution in [1.82, 2.24) is 0 Å². The molecule has 0 radical (unpaired) electrons. The standard InChI is InChI=1S/C7H10N2O2/c1-2-3-11-5-6(4-8)7(9)10/h5H,2-3H2,1H3,(H2,9,10). The van der Waals surface area contributed by atoms with E-state index in [1.165, 1.54) is 0 Å². The maximum Gasteiger partial charge on any atom is 0.262 e. The van der Waals surface area contributed by atoms with Crippen LogP contribution in [0.15, 0.2) is 11.8 Å². The van der Waals surface area contributed by atoms with Crippen LogP contribution in [0.4, 0.5) is 0 Å². The highest BCUT2D eigenvalue weighted by atomic mass is 16.5. The summed E-state index contributed by atoms with van der Waals surface area (Å²) in [4.78, 5) is 10.4. The van der Waals surface area contributed by atoms with Crippen molar-refractivity contribution in [1.29, 1.82) is 5.26 Å². The third-order valence-electron chi connectivity index (χ3n) is 0.909. The molecule has 0 aliphatic rings. The molecule has 0 aromatic heterocycles. The van der Waals surface area contributed by atoms with Crippen LogP contribution in [-0.2, 0) is 9.53 Å². The maximum absolute atomic E-state index is 10.4. The maximum atomic E-state index is 10.4. The minimum atomic E-state index is -0.761. The predicted octanol–water partition coefficient (Wildman–Crippen LogP) is 0.306. The normalized spacial score (nSPS) is 10.4. The number of carbonyl (C=O) groups is 1. The van der Waals surface area contributed by atoms with E-state index in [4.69, 9.17) is 15.7 Å². The van der Waals surface area contributed by atoms with E-state index in [1.54, 1.807) is 6.07 Å². The highest BCUT2D eigenvalue weighted by molar-refractivity contribution is 5.95. The van der Waals surface area contributed by atoms with Crippen LogP contribution in [0.3, 0.4) is 0 Å². The van der Waals surface area contributed by atoms with Crippen molar-refractivity contribution < 1.29 is 9.53 Å². The molecule has 11 heavy (non-hydrogen) atoms. The summed E-state index contributed by atoms with van der Waals surface area (Å²) in [5, 5.41) is 8.30. The fourth-order valence-corrected chi connectivity index (χ4v) is 0.400. The number of primary amides is 1. The SMILES string of the molecule is CCCOC=C(C#N)C(N)=O. The largest absolute Gasteiger partial charge is 0.500 e. The van der Waals surface area contributed by atoms with E-state index in [1.807, 2.05) is 6.92 Å². The summed E-state index contributed by atoms with van der Waals surface area (Å²) < 4.78 is 4.81. The first-order chi connectivity index (χ1) is 5.22. The molecule has 0 saturated carbocycles. The zero-order valence-corrected chi connectivity index (χ0v) is 6.33. The summed E-state index contributed by atoms with van der Waals surface area (Å²) in [6, 6.07) is 1.62. The molecule has 0 atom stereocenters. The van der Waals surface area contributed by atoms with Crippen LogP contribution in [0.1, 0.15) is 13.3 Å². The second kappa shape index (κ2) is 5.30. The molecule has 60 valence electrons. The van der Waals surface area contributed by atoms with Crippen molar-refractivity contribution >= 4 is 5.91 Å². The van der Waals surface area contributed by atoms with Crippen LogP contribution >= 0.6 is 0 Å². The Bertz CT molecular complexity index is 203. The summed E-state index contributed by atoms with van der Waals surface area (Å²) in [5.74, 6) is -0.761. The van der Waals surface area contributed by atoms with Gasteiger partial charge in [0, 0.05) is 0 Å². The van der Waals surface area contributed by atoms with Crippen molar-refractivity contribution in [3.8, 4) is 6.07 Å². The minimum absolute atomic E-state index is 0.154. The summed E-state index contributed by atoms with van der Waals surface area (Å²) in [6.45, 7) is 2.41. The highest BCUT2D eigenvalue weighted by Crippen LogP contribution is 1.91. The molecule has 4 nitrogen and oxygen atoms in total. The van der Waals surface area contributed by atoms with Gasteiger partial charge < -0.3 is 10.5 Å². The Morgan fingerprint density at radius 1 is 1.82 bits per heavy atom. The molecule has 0 spiro atoms. The molecule has 4 heteroatoms. The molecule has 0 heterocycles. The molecule has 0 bridgehead atoms. The van der Waals surface area contributed by atoms with Crippen LogP contribution in [0.2, 0.25) is 0 Å². The number of hydrogen-bond donors (Lipinski definition) is 1. The molecule has 0 aromatic carbocycles. The fourth-order valence-electron chi connectivity index (χ4n) is 0.400. The molecule has 0 fully saturated rings. The Kier molecular flexibility index (Phi) is 4.58. The Labute approximate surface area is 65.2 Å². The molecule has 1 amide bonds. The molecular weight excluding hydrogens is 144 g/mol. The number of rotatable bonds is 4. The first kappa shape index (κ1) is 9.50. The zero-order chi connectivity index (χ0) is 8.69. The Morgan fingerprint density at radius 3 is 2.82 bits per heavy atom. The molecule has 2 N–H and O–H groups in total. The van der Waals surface area contributed by atoms with E-state index in [9.17, 15) is 4.79 Å². The van der Waals surface area contributed by atoms with Gasteiger partial charge in [0.15, 0.2) is 5.57 Å². The Balaban J connectivity index is 3.95. The number of ether oxygens (including phenoxy) is 1. The van der Waals surface area contributed by atoms with Crippen LogP contribution in [-0.4, -0.2) is 12.5 Å². The smallest absolute Gasteiger partial charge is 0.262 e. The third kappa shape index (κ3) is 3.98. The Morgan fingerprint density at radius 2 is 2.45 bits per heavy atom. The summed E-state index contributed by atoms with van der Waals surface area (Å²) in [5.41, 5.74) is 4.67. The van der Waals surface area contributed by atoms with Gasteiger partial charge in [-0.25, -0.2) is 0 Å². The van der Waals surface area contributed by atoms with Crippen LogP contribution < -0.4 is 5.73 Å². The van der Waals surface area contributed by atoms with E-state index in [0.29, 0.717) is 6.61 Å². The lowest BCUT2D eigenvalue weighted by Gasteiger charge is -1.95. The Hall–Kier alpha value is -1.50. The minimum Gasteiger partial charge on any atom is -0.500 e. The number of nitriles is 1. The van der Waals surface area contributed by atoms with Gasteiger partial charge in [-0.05, 0) is 6.42 Å². The molecule has 0 aliphatic carbocycles. The average Bonchev–Trinajstić information content (AvgIpc) is 1.97. The average molecular weight is 154 g/mol. The topological polar surface area (TPSA) is 76.1 Å². The van der Waals surface area contributed by atoms with Crippen LogP contribution in [0, 0.1) is 11.3 Å². The van der Waals surface area contributed by atoms with E-state index in [0.717, 1.165) is 12.7 Å². The van der Waals surface area contributed by atoms with Gasteiger partial charge in [0.2, 0.25) is 0 Å². The predicted molar refractivity (Wildman–Crippen MR) is 39.1 cm³/mol. The second-order valence-electron chi connectivity index (χ2n) is 1.88. The molecule has 0 saturated heterocycles. The second-order valence-corrected chi connectivity index (χ2v) is 1.88. The zero-order valence-electron chi connectivity index (χ0n) is 6.33. The van der Waals surface area contributed by atoms with Gasteiger partial charge in [-0.1, -0.05) is 6.92 Å². The fraction of sp³-hybridized carbons (Fsp3) is 0.429. The van der Waals surface area contributed by atoms with Crippen LogP contribution in [0.5, 0.6) is 0 Å². The molecule has 0 aliphatic heterocycles. The summed E-state index contributed by atoms with van der Waals surface area (Å²) in [6.07, 6.45) is 1.92. The highest BCUT2D eigenvalue weighted by Gasteiger charge is 2.01. The lowest BCUT2D eigenvalue weighted by molar-refractivity contribution is -0.114. The molecule has 0 rings (SSSR count). The van der Waals surface area contributed by atoms with E-state index in [-0.39, 0.29) is 5.57 Å². The van der Waals surface area contributed by atoms with E-state index < -0.39 is 5.91 Å². The first-order valence-electron chi connectivity index (χ1n) is 3.24. The van der Waals surface area contributed by atoms with Crippen LogP contribution in [0.25, 0.3) is 0 Å². The molecule has 0 unspecified atom stereocenters. The number of carbonyl (C=O) groups excluding carboxylic acids is 1. The summed E-state index contributed by atoms with van der Waals surface area (Å²) in [7, 11) is 0. The number of hydrogen-bond acceptors (Lipinski definition) is 3. The van der Waals surface area contributed by atoms with Gasteiger partial charge in [0.25, 0.3) is 5.91 Å². The van der Waals surface area contributed by atoms with Gasteiger partial charge in [0.1, 0.15) is 12.3 Å². The van der Waals surface area contributed by atoms with Gasteiger partial charge in [-0.2, -0.15) is 5.26 Å². The van der Waals surface area contributed by atoms with E-state index in [2.05, 4.69) is 0 Å². The monoisotopic (exact) mass is 154 g/mol. The molecule has 0 aromatic rings. The van der Waals surface area contributed by atoms with Gasteiger partial charge >= 0.3 is 0 Å². The van der Waals surface area contributed by atoms with Crippen molar-refractivity contribution in [3.63, 3.8) is 0 Å². The lowest BCUT2D eigenvalue weighted by Crippen LogP contribution is -2.13. The summed E-state index contributed by atoms with van der Waals surface area (Å²) >= 11 is 0. The van der Waals surface area contributed by atoms with Crippen molar-refractivity contribution in [3.05, 3.63) is 11.8 Å². The van der Waals surface area contributed by atoms with Crippen molar-refractivity contribution in [2.45, 2.75) is 13.3 Å². The van der Waals surface area contributed by atoms with Gasteiger partial charge in [0.05, 0.1) is 6.61 Å². The van der Waals surface area contributed by atoms with Gasteiger partial charge in [-0.15, -0.1) is 0 Å². The number of amides is 1. The number of nitrogens with zero attached hydrogens (tertiary/aromatic N) is 1. The number of nitrogens with two attached hydrogens (primary N) is 1. The lowest BCUT2D eigenvalue weighted by atomic mass is 10.3. The van der Waals surface area contributed by atoms with Crippen molar-refractivity contribution in [2.75, 3.05) is 6.61 Å². The van der Waals surface area contributed by atoms with Crippen molar-refractivity contribution in [2.24, 2.45) is 5.73 Å². The molecular formula is C7H10N2O2. The van der Waals surface area contributed by atoms with E-state index >= 15 is 0 Å². The van der Waals surface area contributed by atoms with Gasteiger partial charge in [-0.3, -0.25) is 4.79 Å². The first-order valence-corrected chi connectivity index (χ1v) is 3.24. The third-order valence-corrected chi connectivity index (χ3v) is 0.909.